The molecule has 0 saturated carbocycles. The second kappa shape index (κ2) is 40.7. The summed E-state index contributed by atoms with van der Waals surface area (Å²) in [5.74, 6) is -2.48. The van der Waals surface area contributed by atoms with E-state index in [1.807, 2.05) is 12.2 Å². The minimum atomic E-state index is -4.74. The van der Waals surface area contributed by atoms with Gasteiger partial charge in [-0.1, -0.05) is 145 Å². The lowest BCUT2D eigenvalue weighted by molar-refractivity contribution is -0.161. The predicted octanol–water partition coefficient (Wildman–Crippen LogP) is 11.7. The van der Waals surface area contributed by atoms with Crippen LogP contribution in [0.4, 0.5) is 0 Å². The number of esters is 2. The number of carbonyl (C=O) groups excluding carboxylic acids is 2. The van der Waals surface area contributed by atoms with Crippen LogP contribution in [-0.2, 0) is 37.5 Å². The van der Waals surface area contributed by atoms with E-state index in [2.05, 4.69) is 79.1 Å². The third-order valence-corrected chi connectivity index (χ3v) is 9.88. The van der Waals surface area contributed by atoms with Gasteiger partial charge in [0, 0.05) is 12.8 Å². The van der Waals surface area contributed by atoms with Crippen LogP contribution in [0.1, 0.15) is 168 Å². The highest BCUT2D eigenvalue weighted by Crippen LogP contribution is 2.43. The Kier molecular flexibility index (Phi) is 38.5. The molecule has 0 aromatic heterocycles. The number of carbonyl (C=O) groups is 3. The number of phosphoric acid groups is 1. The molecule has 0 amide bonds. The molecule has 0 aliphatic heterocycles. The second-order valence-electron chi connectivity index (χ2n) is 14.5. The highest BCUT2D eigenvalue weighted by Gasteiger charge is 2.28. The van der Waals surface area contributed by atoms with Crippen molar-refractivity contribution in [3.8, 4) is 0 Å². The molecule has 0 aliphatic carbocycles. The number of unbranched alkanes of at least 4 members (excludes halogenated alkanes) is 14. The number of aliphatic carboxylic acids is 1. The van der Waals surface area contributed by atoms with Gasteiger partial charge in [0.1, 0.15) is 12.6 Å². The molecule has 332 valence electrons. The molecule has 11 nitrogen and oxygen atoms in total. The van der Waals surface area contributed by atoms with E-state index in [1.165, 1.54) is 57.8 Å². The van der Waals surface area contributed by atoms with Crippen molar-refractivity contribution in [1.82, 2.24) is 0 Å². The van der Waals surface area contributed by atoms with E-state index >= 15 is 0 Å². The second-order valence-corrected chi connectivity index (χ2v) is 15.9. The Hall–Kier alpha value is -3.08. The zero-order chi connectivity index (χ0) is 42.8. The molecule has 0 rings (SSSR count). The fraction of sp³-hybridized carbons (Fsp3) is 0.674. The standard InChI is InChI=1S/C46H78NO10P/c1-3-5-7-9-11-13-15-17-19-21-23-25-27-29-31-33-35-37-44(48)54-39-42(40-55-58(52,53)56-41-43(47)46(50)51)57-45(49)38-36-34-32-30-28-26-24-22-20-18-16-14-12-10-8-6-4-2/h11,13,17-20,23-26,30,32,42-43H,3-10,12,14-16,21-22,27-29,31,33-41,47H2,1-2H3,(H,50,51)(H,52,53)/b13-11-,19-17-,20-18-,25-23-,26-24-,32-30-/t42-,43+/m1/s1. The Bertz CT molecular complexity index is 1260. The fourth-order valence-electron chi connectivity index (χ4n) is 5.44. The molecule has 0 fully saturated rings. The van der Waals surface area contributed by atoms with Crippen molar-refractivity contribution in [2.24, 2.45) is 5.73 Å². The number of allylic oxidation sites excluding steroid dienone is 12. The van der Waals surface area contributed by atoms with Crippen molar-refractivity contribution in [3.05, 3.63) is 72.9 Å². The lowest BCUT2D eigenvalue weighted by Crippen LogP contribution is -2.34. The molecule has 0 saturated heterocycles. The summed E-state index contributed by atoms with van der Waals surface area (Å²) < 4.78 is 32.6. The summed E-state index contributed by atoms with van der Waals surface area (Å²) in [6.07, 6.45) is 48.3. The number of hydrogen-bond donors (Lipinski definition) is 3. The minimum Gasteiger partial charge on any atom is -0.480 e. The van der Waals surface area contributed by atoms with Gasteiger partial charge in [-0.15, -0.1) is 0 Å². The van der Waals surface area contributed by atoms with Crippen LogP contribution in [0.15, 0.2) is 72.9 Å². The van der Waals surface area contributed by atoms with Crippen molar-refractivity contribution in [2.75, 3.05) is 19.8 Å². The van der Waals surface area contributed by atoms with Crippen molar-refractivity contribution in [1.29, 1.82) is 0 Å². The van der Waals surface area contributed by atoms with E-state index in [4.69, 9.17) is 24.8 Å². The van der Waals surface area contributed by atoms with Crippen LogP contribution in [0.5, 0.6) is 0 Å². The van der Waals surface area contributed by atoms with Crippen LogP contribution in [0, 0.1) is 0 Å². The molecule has 3 atom stereocenters. The zero-order valence-electron chi connectivity index (χ0n) is 35.9. The normalized spacial score (nSPS) is 14.4. The van der Waals surface area contributed by atoms with E-state index in [-0.39, 0.29) is 19.4 Å². The highest BCUT2D eigenvalue weighted by atomic mass is 31.2. The molecule has 0 aromatic carbocycles. The SMILES string of the molecule is CCCCC/C=C\C/C=C\C/C=C\CCCCCCC(=O)OC[C@H](COP(=O)(O)OC[C@H](N)C(=O)O)OC(=O)CCC/C=C\C/C=C\C/C=C\CCCCCCCC. The van der Waals surface area contributed by atoms with E-state index in [0.717, 1.165) is 64.2 Å². The number of nitrogens with two attached hydrogens (primary N) is 1. The van der Waals surface area contributed by atoms with E-state index in [0.29, 0.717) is 19.3 Å². The molecule has 4 N–H and O–H groups in total. The molecule has 1 unspecified atom stereocenters. The maximum absolute atomic E-state index is 12.6. The number of carboxylic acid groups (broad SMARTS) is 1. The molecule has 0 heterocycles. The summed E-state index contributed by atoms with van der Waals surface area (Å²) in [6, 6.07) is -1.54. The monoisotopic (exact) mass is 836 g/mol. The first-order valence-electron chi connectivity index (χ1n) is 22.0. The smallest absolute Gasteiger partial charge is 0.472 e. The van der Waals surface area contributed by atoms with Crippen LogP contribution in [0.2, 0.25) is 0 Å². The van der Waals surface area contributed by atoms with E-state index in [9.17, 15) is 23.8 Å². The van der Waals surface area contributed by atoms with Gasteiger partial charge in [0.25, 0.3) is 0 Å². The Labute approximate surface area is 350 Å². The summed E-state index contributed by atoms with van der Waals surface area (Å²) in [4.78, 5) is 45.9. The van der Waals surface area contributed by atoms with Crippen LogP contribution in [0.3, 0.4) is 0 Å². The topological polar surface area (TPSA) is 172 Å². The predicted molar refractivity (Wildman–Crippen MR) is 235 cm³/mol. The summed E-state index contributed by atoms with van der Waals surface area (Å²) in [5, 5.41) is 8.89. The van der Waals surface area contributed by atoms with Gasteiger partial charge in [-0.3, -0.25) is 23.4 Å². The van der Waals surface area contributed by atoms with Gasteiger partial charge in [-0.2, -0.15) is 0 Å². The number of ether oxygens (including phenoxy) is 2. The first-order valence-corrected chi connectivity index (χ1v) is 23.5. The maximum atomic E-state index is 12.6. The average Bonchev–Trinajstić information content (AvgIpc) is 3.20. The molecule has 0 aromatic rings. The Morgan fingerprint density at radius 1 is 0.534 bits per heavy atom. The Morgan fingerprint density at radius 2 is 0.931 bits per heavy atom. The van der Waals surface area contributed by atoms with Crippen LogP contribution >= 0.6 is 7.82 Å². The van der Waals surface area contributed by atoms with Gasteiger partial charge >= 0.3 is 25.7 Å². The van der Waals surface area contributed by atoms with Crippen LogP contribution in [0.25, 0.3) is 0 Å². The Balaban J connectivity index is 4.50. The number of carboxylic acids is 1. The van der Waals surface area contributed by atoms with Crippen molar-refractivity contribution < 1.29 is 47.5 Å². The Morgan fingerprint density at radius 3 is 1.45 bits per heavy atom. The van der Waals surface area contributed by atoms with Gasteiger partial charge in [0.2, 0.25) is 0 Å². The van der Waals surface area contributed by atoms with Crippen molar-refractivity contribution in [3.63, 3.8) is 0 Å². The summed E-state index contributed by atoms with van der Waals surface area (Å²) >= 11 is 0. The van der Waals surface area contributed by atoms with Gasteiger partial charge in [-0.05, 0) is 83.5 Å². The van der Waals surface area contributed by atoms with Crippen molar-refractivity contribution in [2.45, 2.75) is 180 Å². The average molecular weight is 836 g/mol. The molecule has 58 heavy (non-hydrogen) atoms. The molecule has 0 spiro atoms. The molecule has 0 aliphatic rings. The molecule has 0 bridgehead atoms. The molecule has 12 heteroatoms. The first-order chi connectivity index (χ1) is 28.1. The lowest BCUT2D eigenvalue weighted by atomic mass is 10.1. The van der Waals surface area contributed by atoms with E-state index in [1.54, 1.807) is 0 Å². The summed E-state index contributed by atoms with van der Waals surface area (Å²) in [6.45, 7) is 2.68. The largest absolute Gasteiger partial charge is 0.480 e. The zero-order valence-corrected chi connectivity index (χ0v) is 36.8. The van der Waals surface area contributed by atoms with Gasteiger partial charge in [0.05, 0.1) is 13.2 Å². The number of hydrogen-bond acceptors (Lipinski definition) is 9. The molecule has 0 radical (unpaired) electrons. The molecular weight excluding hydrogens is 757 g/mol. The number of rotatable bonds is 40. The van der Waals surface area contributed by atoms with Gasteiger partial charge < -0.3 is 25.2 Å². The fourth-order valence-corrected chi connectivity index (χ4v) is 6.22. The van der Waals surface area contributed by atoms with Crippen LogP contribution < -0.4 is 5.73 Å². The lowest BCUT2D eigenvalue weighted by Gasteiger charge is -2.20. The van der Waals surface area contributed by atoms with Gasteiger partial charge in [0.15, 0.2) is 6.10 Å². The van der Waals surface area contributed by atoms with E-state index < -0.39 is 51.1 Å². The van der Waals surface area contributed by atoms with Crippen LogP contribution in [-0.4, -0.2) is 59.9 Å². The molecular formula is C46H78NO10P. The summed E-state index contributed by atoms with van der Waals surface area (Å²) in [7, 11) is -4.74. The number of phosphoric ester groups is 1. The minimum absolute atomic E-state index is 0.0809. The highest BCUT2D eigenvalue weighted by molar-refractivity contribution is 7.47. The quantitative estimate of drug-likeness (QED) is 0.0232. The van der Waals surface area contributed by atoms with Gasteiger partial charge in [-0.25, -0.2) is 4.57 Å². The maximum Gasteiger partial charge on any atom is 0.472 e. The first kappa shape index (κ1) is 54.9. The third kappa shape index (κ3) is 39.7. The summed E-state index contributed by atoms with van der Waals surface area (Å²) in [5.41, 5.74) is 5.33. The van der Waals surface area contributed by atoms with Crippen molar-refractivity contribution >= 4 is 25.7 Å². The third-order valence-electron chi connectivity index (χ3n) is 8.93.